The maximum atomic E-state index is 10.6. The molecule has 0 radical (unpaired) electrons. The fraction of sp³-hybridized carbons (Fsp3) is 1.00. The highest BCUT2D eigenvalue weighted by atomic mass is 16.8. The highest BCUT2D eigenvalue weighted by molar-refractivity contribution is 5.03. The molecule has 166 valence electrons. The molecule has 0 aliphatic carbocycles. The molecule has 12 nitrogen and oxygen atoms in total. The van der Waals surface area contributed by atoms with Crippen molar-refractivity contribution in [3.8, 4) is 0 Å². The van der Waals surface area contributed by atoms with Gasteiger partial charge in [0.05, 0.1) is 13.2 Å². The second-order valence-electron chi connectivity index (χ2n) is 7.30. The topological polar surface area (TPSA) is 216 Å². The first-order chi connectivity index (χ1) is 13.1. The molecule has 0 aromatic carbocycles. The van der Waals surface area contributed by atoms with Gasteiger partial charge in [-0.15, -0.1) is 0 Å². The molecule has 0 bridgehead atoms. The molecule has 2 fully saturated rings. The minimum absolute atomic E-state index is 0.275. The van der Waals surface area contributed by atoms with E-state index in [4.69, 9.17) is 19.9 Å². The van der Waals surface area contributed by atoms with Crippen molar-refractivity contribution in [2.45, 2.75) is 80.1 Å². The quantitative estimate of drug-likeness (QED) is 0.183. The van der Waals surface area contributed by atoms with Crippen molar-refractivity contribution < 1.29 is 55.1 Å². The minimum Gasteiger partial charge on any atom is -0.394 e. The number of hydrogen-bond donors (Lipinski definition) is 9. The Labute approximate surface area is 161 Å². The van der Waals surface area contributed by atoms with Crippen LogP contribution in [0, 0.1) is 0 Å². The van der Waals surface area contributed by atoms with Gasteiger partial charge in [-0.2, -0.15) is 0 Å². The number of aliphatic hydroxyl groups excluding tert-OH is 8. The van der Waals surface area contributed by atoms with Gasteiger partial charge in [0.1, 0.15) is 49.3 Å². The molecule has 0 amide bonds. The van der Waals surface area contributed by atoms with Gasteiger partial charge in [0, 0.05) is 12.5 Å². The van der Waals surface area contributed by atoms with Crippen LogP contribution in [0.25, 0.3) is 0 Å². The summed E-state index contributed by atoms with van der Waals surface area (Å²) in [7, 11) is 0. The average Bonchev–Trinajstić information content (AvgIpc) is 2.93. The normalized spacial score (nSPS) is 48.0. The van der Waals surface area contributed by atoms with Crippen molar-refractivity contribution in [1.82, 2.24) is 0 Å². The zero-order valence-corrected chi connectivity index (χ0v) is 15.5. The van der Waals surface area contributed by atoms with E-state index in [-0.39, 0.29) is 6.42 Å². The van der Waals surface area contributed by atoms with Gasteiger partial charge in [0.15, 0.2) is 0 Å². The average molecular weight is 413 g/mol. The third-order valence-corrected chi connectivity index (χ3v) is 5.36. The van der Waals surface area contributed by atoms with Crippen molar-refractivity contribution in [3.05, 3.63) is 0 Å². The molecule has 10 atom stereocenters. The Balaban J connectivity index is 2.45. The molecule has 0 aromatic rings. The maximum absolute atomic E-state index is 10.6. The highest BCUT2D eigenvalue weighted by Crippen LogP contribution is 2.42. The summed E-state index contributed by atoms with van der Waals surface area (Å²) in [5.74, 6) is -4.54. The van der Waals surface area contributed by atoms with Crippen LogP contribution < -0.4 is 5.73 Å². The standard InChI is InChI=1S/C16H31NO11/c1-2-7(17)3-15(14(25)12(23)10(21)8(4-18)26-15)28-16(6-20)13(24)11(22)9(5-19)27-16/h7-14,18-25H,2-6,17H2,1H3/t7?,8-,9-,10-,11-,12+,13+,14-,15+,16?/m1/s1. The number of rotatable bonds is 8. The first kappa shape index (κ1) is 23.8. The third-order valence-electron chi connectivity index (χ3n) is 5.36. The van der Waals surface area contributed by atoms with E-state index in [9.17, 15) is 40.9 Å². The van der Waals surface area contributed by atoms with Crippen LogP contribution in [0.1, 0.15) is 19.8 Å². The van der Waals surface area contributed by atoms with Crippen LogP contribution in [-0.4, -0.2) is 121 Å². The summed E-state index contributed by atoms with van der Waals surface area (Å²) >= 11 is 0. The van der Waals surface area contributed by atoms with Gasteiger partial charge in [-0.25, -0.2) is 0 Å². The second-order valence-corrected chi connectivity index (χ2v) is 7.30. The lowest BCUT2D eigenvalue weighted by molar-refractivity contribution is -0.436. The lowest BCUT2D eigenvalue weighted by Crippen LogP contribution is -2.70. The largest absolute Gasteiger partial charge is 0.394 e. The number of ether oxygens (including phenoxy) is 3. The van der Waals surface area contributed by atoms with E-state index < -0.39 is 80.2 Å². The highest BCUT2D eigenvalue weighted by Gasteiger charge is 2.63. The molecule has 10 N–H and O–H groups in total. The number of hydrogen-bond acceptors (Lipinski definition) is 12. The summed E-state index contributed by atoms with van der Waals surface area (Å²) in [5.41, 5.74) is 5.96. The second kappa shape index (κ2) is 9.12. The Kier molecular flexibility index (Phi) is 7.75. The van der Waals surface area contributed by atoms with Crippen molar-refractivity contribution in [3.63, 3.8) is 0 Å². The molecule has 2 aliphatic heterocycles. The Morgan fingerprint density at radius 3 is 1.82 bits per heavy atom. The van der Waals surface area contributed by atoms with Crippen molar-refractivity contribution in [1.29, 1.82) is 0 Å². The third kappa shape index (κ3) is 4.05. The van der Waals surface area contributed by atoms with Crippen LogP contribution in [0.15, 0.2) is 0 Å². The SMILES string of the molecule is CCC(N)C[C@@]1(OC2(CO)O[C@H](CO)[C@@H](O)[C@@H]2O)O[C@H](CO)[C@@H](O)[C@H](O)[C@H]1O. The Hall–Kier alpha value is -0.480. The van der Waals surface area contributed by atoms with Crippen LogP contribution in [0.2, 0.25) is 0 Å². The first-order valence-electron chi connectivity index (χ1n) is 9.15. The van der Waals surface area contributed by atoms with Crippen LogP contribution in [0.4, 0.5) is 0 Å². The molecule has 12 heteroatoms. The van der Waals surface area contributed by atoms with Crippen LogP contribution in [0.5, 0.6) is 0 Å². The molecule has 2 heterocycles. The summed E-state index contributed by atoms with van der Waals surface area (Å²) in [5, 5.41) is 79.9. The van der Waals surface area contributed by atoms with E-state index in [1.165, 1.54) is 0 Å². The monoisotopic (exact) mass is 413 g/mol. The summed E-state index contributed by atoms with van der Waals surface area (Å²) in [6, 6.07) is -0.649. The molecular formula is C16H31NO11. The van der Waals surface area contributed by atoms with Gasteiger partial charge in [-0.1, -0.05) is 6.92 Å². The fourth-order valence-electron chi connectivity index (χ4n) is 3.56. The van der Waals surface area contributed by atoms with Gasteiger partial charge in [0.25, 0.3) is 0 Å². The molecule has 28 heavy (non-hydrogen) atoms. The summed E-state index contributed by atoms with van der Waals surface area (Å²) in [4.78, 5) is 0. The van der Waals surface area contributed by atoms with Gasteiger partial charge < -0.3 is 60.8 Å². The lowest BCUT2D eigenvalue weighted by Gasteiger charge is -2.51. The van der Waals surface area contributed by atoms with E-state index >= 15 is 0 Å². The zero-order chi connectivity index (χ0) is 21.3. The van der Waals surface area contributed by atoms with E-state index in [2.05, 4.69) is 0 Å². The fourth-order valence-corrected chi connectivity index (χ4v) is 3.56. The Morgan fingerprint density at radius 2 is 1.36 bits per heavy atom. The van der Waals surface area contributed by atoms with E-state index in [0.29, 0.717) is 6.42 Å². The molecule has 2 saturated heterocycles. The zero-order valence-electron chi connectivity index (χ0n) is 15.5. The van der Waals surface area contributed by atoms with Crippen molar-refractivity contribution in [2.24, 2.45) is 5.73 Å². The summed E-state index contributed by atoms with van der Waals surface area (Å²) in [6.45, 7) is -0.719. The molecule has 2 rings (SSSR count). The Morgan fingerprint density at radius 1 is 0.857 bits per heavy atom. The van der Waals surface area contributed by atoms with E-state index in [0.717, 1.165) is 0 Å². The maximum Gasteiger partial charge on any atom is 0.224 e. The van der Waals surface area contributed by atoms with Gasteiger partial charge >= 0.3 is 0 Å². The molecule has 0 spiro atoms. The number of nitrogens with two attached hydrogens (primary N) is 1. The Bertz CT molecular complexity index is 511. The lowest BCUT2D eigenvalue weighted by atomic mass is 9.87. The molecule has 0 saturated carbocycles. The molecule has 0 aromatic heterocycles. The van der Waals surface area contributed by atoms with Gasteiger partial charge in [0.2, 0.25) is 11.6 Å². The van der Waals surface area contributed by atoms with E-state index in [1.54, 1.807) is 6.92 Å². The van der Waals surface area contributed by atoms with Crippen molar-refractivity contribution in [2.75, 3.05) is 19.8 Å². The van der Waals surface area contributed by atoms with Crippen LogP contribution in [-0.2, 0) is 14.2 Å². The van der Waals surface area contributed by atoms with Crippen LogP contribution in [0.3, 0.4) is 0 Å². The molecule has 2 unspecified atom stereocenters. The summed E-state index contributed by atoms with van der Waals surface area (Å²) < 4.78 is 16.6. The molecule has 2 aliphatic rings. The van der Waals surface area contributed by atoms with Crippen molar-refractivity contribution >= 4 is 0 Å². The number of aliphatic hydroxyl groups is 8. The first-order valence-corrected chi connectivity index (χ1v) is 9.15. The predicted octanol–water partition coefficient (Wildman–Crippen LogP) is -4.90. The van der Waals surface area contributed by atoms with Crippen LogP contribution >= 0.6 is 0 Å². The predicted molar refractivity (Wildman–Crippen MR) is 90.5 cm³/mol. The summed E-state index contributed by atoms with van der Waals surface area (Å²) in [6.07, 6.45) is -11.4. The minimum atomic E-state index is -2.33. The molecular weight excluding hydrogens is 382 g/mol. The van der Waals surface area contributed by atoms with Gasteiger partial charge in [-0.05, 0) is 6.42 Å². The van der Waals surface area contributed by atoms with Gasteiger partial charge in [-0.3, -0.25) is 0 Å². The smallest absolute Gasteiger partial charge is 0.224 e. The van der Waals surface area contributed by atoms with E-state index in [1.807, 2.05) is 0 Å².